The molecule has 0 aromatic heterocycles. The lowest BCUT2D eigenvalue weighted by Gasteiger charge is -2.39. The summed E-state index contributed by atoms with van der Waals surface area (Å²) in [4.78, 5) is 39.2. The number of aliphatic hydroxyl groups excluding tert-OH is 4. The highest BCUT2D eigenvalue weighted by molar-refractivity contribution is 7.80. The van der Waals surface area contributed by atoms with E-state index in [4.69, 9.17) is 18.9 Å². The van der Waals surface area contributed by atoms with E-state index in [1.165, 1.54) is 0 Å². The van der Waals surface area contributed by atoms with E-state index >= 15 is 0 Å². The van der Waals surface area contributed by atoms with Crippen molar-refractivity contribution in [1.29, 1.82) is 0 Å². The van der Waals surface area contributed by atoms with Gasteiger partial charge >= 0.3 is 6.09 Å². The second-order valence-corrected chi connectivity index (χ2v) is 12.9. The summed E-state index contributed by atoms with van der Waals surface area (Å²) in [5.41, 5.74) is 3.60. The second-order valence-electron chi connectivity index (χ2n) is 12.5. The number of hydrogen-bond donors (Lipinski definition) is 8. The van der Waals surface area contributed by atoms with Gasteiger partial charge in [-0.3, -0.25) is 9.59 Å². The van der Waals surface area contributed by atoms with E-state index in [1.807, 2.05) is 48.5 Å². The van der Waals surface area contributed by atoms with Crippen molar-refractivity contribution in [2.45, 2.75) is 75.1 Å². The molecule has 0 radical (unpaired) electrons. The van der Waals surface area contributed by atoms with E-state index in [9.17, 15) is 34.8 Å². The Balaban J connectivity index is 1.30. The van der Waals surface area contributed by atoms with E-state index < -0.39 is 72.9 Å². The van der Waals surface area contributed by atoms with Crippen molar-refractivity contribution in [3.05, 3.63) is 59.7 Å². The maximum Gasteiger partial charge on any atom is 0.407 e. The normalized spacial score (nSPS) is 23.4. The first-order valence-corrected chi connectivity index (χ1v) is 16.3. The summed E-state index contributed by atoms with van der Waals surface area (Å²) in [5.74, 6) is -1.56. The number of amides is 3. The zero-order chi connectivity index (χ0) is 35.0. The molecule has 1 fully saturated rings. The molecule has 0 bridgehead atoms. The van der Waals surface area contributed by atoms with Crippen LogP contribution in [0.3, 0.4) is 0 Å². The smallest absolute Gasteiger partial charge is 0.407 e. The van der Waals surface area contributed by atoms with Gasteiger partial charge in [-0.05, 0) is 43.0 Å². The van der Waals surface area contributed by atoms with Gasteiger partial charge < -0.3 is 55.3 Å². The molecule has 1 aliphatic heterocycles. The number of aliphatic hydroxyl groups is 4. The van der Waals surface area contributed by atoms with Crippen LogP contribution in [0.15, 0.2) is 48.5 Å². The third-order valence-corrected chi connectivity index (χ3v) is 8.35. The summed E-state index contributed by atoms with van der Waals surface area (Å²) in [7, 11) is 0. The van der Waals surface area contributed by atoms with Crippen molar-refractivity contribution < 1.29 is 53.8 Å². The average Bonchev–Trinajstić information content (AvgIpc) is 3.39. The number of fused-ring (bicyclic) bond motifs is 3. The van der Waals surface area contributed by atoms with Gasteiger partial charge in [0.2, 0.25) is 11.8 Å². The Hall–Kier alpha value is -3.28. The lowest BCUT2D eigenvalue weighted by Crippen LogP contribution is -2.59. The Labute approximate surface area is 284 Å². The summed E-state index contributed by atoms with van der Waals surface area (Å²) in [6.07, 6.45) is -8.03. The van der Waals surface area contributed by atoms with E-state index in [2.05, 4.69) is 28.6 Å². The van der Waals surface area contributed by atoms with Crippen LogP contribution in [0.5, 0.6) is 0 Å². The first-order valence-electron chi connectivity index (χ1n) is 15.7. The summed E-state index contributed by atoms with van der Waals surface area (Å²) in [6, 6.07) is 13.5. The molecule has 7 atom stereocenters. The molecule has 15 heteroatoms. The molecular weight excluding hydrogens is 646 g/mol. The molecule has 4 rings (SSSR count). The third-order valence-electron chi connectivity index (χ3n) is 7.98. The Kier molecular flexibility index (Phi) is 13.2. The number of hydrogen-bond acceptors (Lipinski definition) is 12. The summed E-state index contributed by atoms with van der Waals surface area (Å²) in [5, 5.41) is 46.9. The maximum absolute atomic E-state index is 13.3. The van der Waals surface area contributed by atoms with Crippen molar-refractivity contribution in [3.8, 4) is 11.1 Å². The number of thiol groups is 1. The monoisotopic (exact) mass is 691 g/mol. The number of carbonyl (C=O) groups is 3. The zero-order valence-electron chi connectivity index (χ0n) is 27.1. The number of rotatable bonds is 14. The Morgan fingerprint density at radius 3 is 2.10 bits per heavy atom. The van der Waals surface area contributed by atoms with E-state index in [0.29, 0.717) is 0 Å². The second kappa shape index (κ2) is 16.9. The molecular formula is C33H45N3O11S. The first-order chi connectivity index (χ1) is 22.8. The molecule has 0 saturated carbocycles. The summed E-state index contributed by atoms with van der Waals surface area (Å²) < 4.78 is 22.1. The fraction of sp³-hybridized carbons (Fsp3) is 0.545. The van der Waals surface area contributed by atoms with Crippen LogP contribution in [0.2, 0.25) is 0 Å². The standard InChI is InChI=1S/C33H45N3O11S/c1-33(2,3)46-16-23(36-32(43)45-15-22-20-10-6-4-8-18(20)19-9-5-7-11-21(19)22)30(42)35-24(17-48)29(41)34-12-13-44-31-28(40)27(39)26(38)25(14-37)47-31/h4-11,22-28,31,37-40,48H,12-17H2,1-3H3,(H,34,41)(H,35,42)(H,36,43)/t23-,24-,25?,26+,27?,28?,31-/m0/s1. The lowest BCUT2D eigenvalue weighted by atomic mass is 9.98. The van der Waals surface area contributed by atoms with Gasteiger partial charge in [0.25, 0.3) is 0 Å². The molecule has 2 aromatic rings. The number of carbonyl (C=O) groups excluding carboxylic acids is 3. The van der Waals surface area contributed by atoms with E-state index in [0.717, 1.165) is 22.3 Å². The fourth-order valence-corrected chi connectivity index (χ4v) is 5.70. The topological polar surface area (TPSA) is 205 Å². The number of benzene rings is 2. The SMILES string of the molecule is CC(C)(C)OC[C@H](NC(=O)OCC1c2ccccc2-c2ccccc21)C(=O)N[C@@H](CS)C(=O)NCCO[C@H]1OC(CO)[C@@H](O)C(O)C1O. The van der Waals surface area contributed by atoms with Crippen LogP contribution < -0.4 is 16.0 Å². The molecule has 1 saturated heterocycles. The Bertz CT molecular complexity index is 1360. The quantitative estimate of drug-likeness (QED) is 0.0983. The minimum atomic E-state index is -1.60. The van der Waals surface area contributed by atoms with Gasteiger partial charge in [0.05, 0.1) is 25.4 Å². The predicted octanol–water partition coefficient (Wildman–Crippen LogP) is 0.0561. The maximum atomic E-state index is 13.3. The van der Waals surface area contributed by atoms with Crippen LogP contribution in [-0.2, 0) is 28.5 Å². The van der Waals surface area contributed by atoms with Crippen molar-refractivity contribution in [1.82, 2.24) is 16.0 Å². The predicted molar refractivity (Wildman–Crippen MR) is 176 cm³/mol. The average molecular weight is 692 g/mol. The summed E-state index contributed by atoms with van der Waals surface area (Å²) >= 11 is 4.20. The minimum absolute atomic E-state index is 0.0428. The van der Waals surface area contributed by atoms with Crippen LogP contribution >= 0.6 is 12.6 Å². The van der Waals surface area contributed by atoms with Crippen molar-refractivity contribution in [3.63, 3.8) is 0 Å². The molecule has 0 spiro atoms. The molecule has 3 amide bonds. The minimum Gasteiger partial charge on any atom is -0.449 e. The molecule has 1 heterocycles. The van der Waals surface area contributed by atoms with Crippen molar-refractivity contribution in [2.75, 3.05) is 38.7 Å². The molecule has 1 aliphatic carbocycles. The highest BCUT2D eigenvalue weighted by Gasteiger charge is 2.44. The first kappa shape index (κ1) is 37.5. The van der Waals surface area contributed by atoms with Crippen LogP contribution in [0.25, 0.3) is 11.1 Å². The third kappa shape index (κ3) is 9.45. The number of ether oxygens (including phenoxy) is 4. The summed E-state index contributed by atoms with van der Waals surface area (Å²) in [6.45, 7) is 4.37. The molecule has 48 heavy (non-hydrogen) atoms. The Morgan fingerprint density at radius 2 is 1.52 bits per heavy atom. The number of nitrogens with one attached hydrogen (secondary N) is 3. The van der Waals surface area contributed by atoms with E-state index in [1.54, 1.807) is 20.8 Å². The highest BCUT2D eigenvalue weighted by atomic mass is 32.1. The van der Waals surface area contributed by atoms with Gasteiger partial charge in [-0.15, -0.1) is 0 Å². The van der Waals surface area contributed by atoms with Gasteiger partial charge in [0.1, 0.15) is 43.1 Å². The lowest BCUT2D eigenvalue weighted by molar-refractivity contribution is -0.300. The van der Waals surface area contributed by atoms with Gasteiger partial charge in [0.15, 0.2) is 6.29 Å². The van der Waals surface area contributed by atoms with Crippen molar-refractivity contribution >= 4 is 30.5 Å². The van der Waals surface area contributed by atoms with Crippen LogP contribution in [0.4, 0.5) is 4.79 Å². The van der Waals surface area contributed by atoms with Gasteiger partial charge in [0, 0.05) is 18.2 Å². The highest BCUT2D eigenvalue weighted by Crippen LogP contribution is 2.44. The fourth-order valence-electron chi connectivity index (χ4n) is 5.44. The molecule has 14 nitrogen and oxygen atoms in total. The van der Waals surface area contributed by atoms with Crippen molar-refractivity contribution in [2.24, 2.45) is 0 Å². The number of alkyl carbamates (subject to hydrolysis) is 1. The van der Waals surface area contributed by atoms with Crippen LogP contribution in [0, 0.1) is 0 Å². The molecule has 3 unspecified atom stereocenters. The van der Waals surface area contributed by atoms with Gasteiger partial charge in [-0.25, -0.2) is 4.79 Å². The molecule has 7 N–H and O–H groups in total. The molecule has 2 aromatic carbocycles. The van der Waals surface area contributed by atoms with Crippen LogP contribution in [0.1, 0.15) is 37.8 Å². The van der Waals surface area contributed by atoms with Gasteiger partial charge in [-0.1, -0.05) is 48.5 Å². The van der Waals surface area contributed by atoms with E-state index in [-0.39, 0.29) is 38.0 Å². The largest absolute Gasteiger partial charge is 0.449 e. The molecule has 2 aliphatic rings. The van der Waals surface area contributed by atoms with Crippen LogP contribution in [-0.4, -0.2) is 125 Å². The molecule has 264 valence electrons. The Morgan fingerprint density at radius 1 is 0.896 bits per heavy atom. The van der Waals surface area contributed by atoms with Gasteiger partial charge in [-0.2, -0.15) is 12.6 Å². The zero-order valence-corrected chi connectivity index (χ0v) is 28.0.